The minimum absolute atomic E-state index is 0.0187. The van der Waals surface area contributed by atoms with E-state index in [1.807, 2.05) is 67.6 Å². The molecular formula is C27H22N6O4S3. The quantitative estimate of drug-likeness (QED) is 0.232. The van der Waals surface area contributed by atoms with Gasteiger partial charge in [-0.15, -0.1) is 22.0 Å². The summed E-state index contributed by atoms with van der Waals surface area (Å²) in [5.41, 5.74) is 2.98. The third-order valence-corrected chi connectivity index (χ3v) is 9.84. The monoisotopic (exact) mass is 590 g/mol. The summed E-state index contributed by atoms with van der Waals surface area (Å²) in [6.07, 6.45) is 1.65. The van der Waals surface area contributed by atoms with Gasteiger partial charge in [0.05, 0.1) is 11.3 Å². The van der Waals surface area contributed by atoms with Crippen LogP contribution in [0.1, 0.15) is 15.4 Å². The molecule has 2 atom stereocenters. The summed E-state index contributed by atoms with van der Waals surface area (Å²) in [7, 11) is 0. The Balaban J connectivity index is 1.23. The topological polar surface area (TPSA) is 130 Å². The maximum Gasteiger partial charge on any atom is 0.352 e. The number of carboxylic acid groups (broad SMARTS) is 1. The molecule has 0 saturated carbocycles. The lowest BCUT2D eigenvalue weighted by atomic mass is 10.0. The van der Waals surface area contributed by atoms with Crippen molar-refractivity contribution in [1.29, 1.82) is 0 Å². The van der Waals surface area contributed by atoms with E-state index in [0.717, 1.165) is 20.6 Å². The van der Waals surface area contributed by atoms with Crippen LogP contribution in [0, 0.1) is 6.92 Å². The van der Waals surface area contributed by atoms with E-state index < -0.39 is 29.2 Å². The zero-order valence-electron chi connectivity index (χ0n) is 21.1. The van der Waals surface area contributed by atoms with Crippen molar-refractivity contribution in [2.75, 3.05) is 11.5 Å². The van der Waals surface area contributed by atoms with E-state index in [2.05, 4.69) is 20.6 Å². The van der Waals surface area contributed by atoms with Gasteiger partial charge in [-0.25, -0.2) is 9.48 Å². The molecule has 2 amide bonds. The lowest BCUT2D eigenvalue weighted by Crippen LogP contribution is -2.70. The summed E-state index contributed by atoms with van der Waals surface area (Å²) in [5.74, 6) is -1.25. The molecule has 4 heterocycles. The van der Waals surface area contributed by atoms with Gasteiger partial charge in [0.2, 0.25) is 0 Å². The molecule has 0 radical (unpaired) electrons. The van der Waals surface area contributed by atoms with Gasteiger partial charge in [0, 0.05) is 23.3 Å². The van der Waals surface area contributed by atoms with Crippen molar-refractivity contribution in [3.63, 3.8) is 0 Å². The average Bonchev–Trinajstić information content (AvgIpc) is 3.61. The van der Waals surface area contributed by atoms with Crippen LogP contribution >= 0.6 is 34.9 Å². The van der Waals surface area contributed by atoms with E-state index in [1.54, 1.807) is 10.9 Å². The molecule has 202 valence electrons. The first-order valence-electron chi connectivity index (χ1n) is 12.2. The van der Waals surface area contributed by atoms with Crippen LogP contribution in [-0.4, -0.2) is 70.7 Å². The molecule has 1 fully saturated rings. The number of benzene rings is 2. The van der Waals surface area contributed by atoms with Crippen molar-refractivity contribution < 1.29 is 19.5 Å². The molecular weight excluding hydrogens is 569 g/mol. The van der Waals surface area contributed by atoms with Crippen LogP contribution in [0.25, 0.3) is 16.9 Å². The van der Waals surface area contributed by atoms with Gasteiger partial charge in [-0.3, -0.25) is 14.5 Å². The lowest BCUT2D eigenvalue weighted by molar-refractivity contribution is -0.148. The summed E-state index contributed by atoms with van der Waals surface area (Å²) in [6, 6.07) is 17.9. The zero-order chi connectivity index (χ0) is 27.8. The highest BCUT2D eigenvalue weighted by atomic mass is 32.2. The fraction of sp³-hybridized carbons (Fsp3) is 0.185. The number of hydrogen-bond donors (Lipinski definition) is 2. The molecule has 2 aromatic heterocycles. The standard InChI is InChI=1S/C27H22N6O4S3/c1-15-29-30-27(40-15)39-14-17-13-38-25-21(24(35)33(25)22(17)26(36)37)28-23(34)19-12-32(18-10-6-3-7-11-18)31-20(19)16-8-4-2-5-9-16/h2-12,21,25H,13-14H2,1H3,(H,28,34)(H,36,37). The van der Waals surface area contributed by atoms with Crippen LogP contribution in [0.15, 0.2) is 82.5 Å². The van der Waals surface area contributed by atoms with Gasteiger partial charge in [0.25, 0.3) is 11.8 Å². The van der Waals surface area contributed by atoms with Gasteiger partial charge in [-0.2, -0.15) is 5.10 Å². The molecule has 2 aliphatic rings. The van der Waals surface area contributed by atoms with Crippen molar-refractivity contribution in [1.82, 2.24) is 30.2 Å². The smallest absolute Gasteiger partial charge is 0.352 e. The molecule has 0 aliphatic carbocycles. The SMILES string of the molecule is Cc1nnc(SCC2=C(C(=O)O)N3C(=O)C(NC(=O)c4cn(-c5ccccc5)nc4-c4ccccc4)C3SC2)s1. The summed E-state index contributed by atoms with van der Waals surface area (Å²) in [4.78, 5) is 40.3. The van der Waals surface area contributed by atoms with Gasteiger partial charge < -0.3 is 10.4 Å². The summed E-state index contributed by atoms with van der Waals surface area (Å²) >= 11 is 4.27. The van der Waals surface area contributed by atoms with Crippen molar-refractivity contribution in [3.8, 4) is 16.9 Å². The normalized spacial score (nSPS) is 18.3. The number of fused-ring (bicyclic) bond motifs is 1. The third-order valence-electron chi connectivity index (χ3n) is 6.44. The summed E-state index contributed by atoms with van der Waals surface area (Å²) in [5, 5.41) is 25.9. The van der Waals surface area contributed by atoms with Crippen LogP contribution in [0.5, 0.6) is 0 Å². The number of nitrogens with one attached hydrogen (secondary N) is 1. The number of hydrogen-bond acceptors (Lipinski definition) is 9. The molecule has 6 rings (SSSR count). The maximum absolute atomic E-state index is 13.6. The van der Waals surface area contributed by atoms with Crippen LogP contribution in [0.3, 0.4) is 0 Å². The number of rotatable bonds is 8. The first-order chi connectivity index (χ1) is 19.4. The number of carbonyl (C=O) groups is 3. The number of para-hydroxylation sites is 1. The Labute approximate surface area is 241 Å². The van der Waals surface area contributed by atoms with E-state index in [4.69, 9.17) is 0 Å². The number of aliphatic carboxylic acids is 1. The molecule has 4 aromatic rings. The van der Waals surface area contributed by atoms with E-state index in [-0.39, 0.29) is 5.70 Å². The Morgan fingerprint density at radius 1 is 1.10 bits per heavy atom. The van der Waals surface area contributed by atoms with E-state index in [9.17, 15) is 19.5 Å². The number of carbonyl (C=O) groups excluding carboxylic acids is 2. The van der Waals surface area contributed by atoms with E-state index >= 15 is 0 Å². The molecule has 13 heteroatoms. The molecule has 2 aliphatic heterocycles. The van der Waals surface area contributed by atoms with Gasteiger partial charge in [-0.1, -0.05) is 71.6 Å². The number of aromatic nitrogens is 4. The Morgan fingerprint density at radius 3 is 2.50 bits per heavy atom. The Hall–Kier alpha value is -3.94. The minimum Gasteiger partial charge on any atom is -0.477 e. The van der Waals surface area contributed by atoms with Gasteiger partial charge in [0.1, 0.15) is 27.8 Å². The van der Waals surface area contributed by atoms with Gasteiger partial charge >= 0.3 is 5.97 Å². The number of thioether (sulfide) groups is 2. The molecule has 2 N–H and O–H groups in total. The zero-order valence-corrected chi connectivity index (χ0v) is 23.5. The second-order valence-corrected chi connectivity index (χ2v) is 12.5. The van der Waals surface area contributed by atoms with Crippen LogP contribution in [0.4, 0.5) is 0 Å². The lowest BCUT2D eigenvalue weighted by Gasteiger charge is -2.49. The second kappa shape index (κ2) is 10.9. The van der Waals surface area contributed by atoms with Crippen molar-refractivity contribution >= 4 is 52.6 Å². The first-order valence-corrected chi connectivity index (χ1v) is 15.1. The fourth-order valence-electron chi connectivity index (χ4n) is 4.56. The number of amides is 2. The molecule has 1 saturated heterocycles. The van der Waals surface area contributed by atoms with E-state index in [1.165, 1.54) is 39.8 Å². The predicted octanol–water partition coefficient (Wildman–Crippen LogP) is 3.84. The Bertz CT molecular complexity index is 1640. The molecule has 10 nitrogen and oxygen atoms in total. The molecule has 2 unspecified atom stereocenters. The van der Waals surface area contributed by atoms with Crippen LogP contribution < -0.4 is 5.32 Å². The van der Waals surface area contributed by atoms with E-state index in [0.29, 0.717) is 28.3 Å². The highest BCUT2D eigenvalue weighted by molar-refractivity contribution is 8.01. The molecule has 40 heavy (non-hydrogen) atoms. The van der Waals surface area contributed by atoms with Crippen molar-refractivity contribution in [2.24, 2.45) is 0 Å². The van der Waals surface area contributed by atoms with Crippen molar-refractivity contribution in [3.05, 3.63) is 88.7 Å². The number of carboxylic acids is 1. The number of aryl methyl sites for hydroxylation is 1. The summed E-state index contributed by atoms with van der Waals surface area (Å²) < 4.78 is 2.38. The highest BCUT2D eigenvalue weighted by Gasteiger charge is 2.54. The average molecular weight is 591 g/mol. The fourth-order valence-corrected chi connectivity index (χ4v) is 7.86. The third kappa shape index (κ3) is 4.91. The predicted molar refractivity (Wildman–Crippen MR) is 153 cm³/mol. The first kappa shape index (κ1) is 26.3. The second-order valence-electron chi connectivity index (χ2n) is 9.03. The number of β-lactam (4-membered cyclic amide) rings is 1. The van der Waals surface area contributed by atoms with Crippen LogP contribution in [-0.2, 0) is 9.59 Å². The molecule has 2 aromatic carbocycles. The van der Waals surface area contributed by atoms with Crippen LogP contribution in [0.2, 0.25) is 0 Å². The van der Waals surface area contributed by atoms with Crippen molar-refractivity contribution in [2.45, 2.75) is 22.7 Å². The maximum atomic E-state index is 13.6. The Kier molecular flexibility index (Phi) is 7.17. The Morgan fingerprint density at radius 2 is 1.82 bits per heavy atom. The summed E-state index contributed by atoms with van der Waals surface area (Å²) in [6.45, 7) is 1.85. The highest BCUT2D eigenvalue weighted by Crippen LogP contribution is 2.42. The molecule has 0 spiro atoms. The van der Waals surface area contributed by atoms with Gasteiger partial charge in [-0.05, 0) is 24.6 Å². The molecule has 0 bridgehead atoms. The van der Waals surface area contributed by atoms with Gasteiger partial charge in [0.15, 0.2) is 4.34 Å². The minimum atomic E-state index is -1.16. The number of nitrogens with zero attached hydrogens (tertiary/aromatic N) is 5. The largest absolute Gasteiger partial charge is 0.477 e.